The third-order valence-corrected chi connectivity index (χ3v) is 5.71. The van der Waals surface area contributed by atoms with E-state index in [1.807, 2.05) is 42.7 Å². The Kier molecular flexibility index (Phi) is 5.56. The monoisotopic (exact) mass is 415 g/mol. The summed E-state index contributed by atoms with van der Waals surface area (Å²) in [5.74, 6) is 0.959. The maximum Gasteiger partial charge on any atom is 0.129 e. The Balaban J connectivity index is 1.46. The molecule has 31 heavy (non-hydrogen) atoms. The number of nitrogens with one attached hydrogen (secondary N) is 1. The molecule has 1 fully saturated rings. The number of anilines is 1. The number of aromatic nitrogens is 5. The van der Waals surface area contributed by atoms with Crippen LogP contribution < -0.4 is 4.90 Å². The zero-order valence-electron chi connectivity index (χ0n) is 17.3. The topological polar surface area (TPSA) is 94.1 Å². The van der Waals surface area contributed by atoms with Crippen LogP contribution in [0.2, 0.25) is 0 Å². The third kappa shape index (κ3) is 4.12. The summed E-state index contributed by atoms with van der Waals surface area (Å²) in [4.78, 5) is 18.3. The Morgan fingerprint density at radius 1 is 1.00 bits per heavy atom. The van der Waals surface area contributed by atoms with E-state index in [1.54, 1.807) is 6.20 Å². The fourth-order valence-electron chi connectivity index (χ4n) is 4.08. The zero-order valence-corrected chi connectivity index (χ0v) is 17.3. The van der Waals surface area contributed by atoms with Gasteiger partial charge in [-0.05, 0) is 43.3 Å². The van der Waals surface area contributed by atoms with Crippen LogP contribution in [-0.2, 0) is 0 Å². The first-order chi connectivity index (χ1) is 15.3. The van der Waals surface area contributed by atoms with Crippen molar-refractivity contribution in [2.75, 3.05) is 44.2 Å². The Morgan fingerprint density at radius 3 is 2.84 bits per heavy atom. The molecule has 0 amide bonds. The van der Waals surface area contributed by atoms with Gasteiger partial charge in [0.05, 0.1) is 29.7 Å². The fourth-order valence-corrected chi connectivity index (χ4v) is 4.08. The van der Waals surface area contributed by atoms with Gasteiger partial charge in [0.2, 0.25) is 0 Å². The molecule has 0 saturated carbocycles. The lowest BCUT2D eigenvalue weighted by Gasteiger charge is -2.22. The van der Waals surface area contributed by atoms with E-state index in [1.165, 1.54) is 0 Å². The fraction of sp³-hybridized carbons (Fsp3) is 0.304. The smallest absolute Gasteiger partial charge is 0.129 e. The van der Waals surface area contributed by atoms with Gasteiger partial charge in [0.15, 0.2) is 0 Å². The molecule has 5 rings (SSSR count). The highest BCUT2D eigenvalue weighted by Gasteiger charge is 2.17. The van der Waals surface area contributed by atoms with Gasteiger partial charge in [-0.25, -0.2) is 4.98 Å². The first-order valence-corrected chi connectivity index (χ1v) is 10.6. The maximum absolute atomic E-state index is 9.23. The number of hydrogen-bond acceptors (Lipinski definition) is 7. The highest BCUT2D eigenvalue weighted by Crippen LogP contribution is 2.29. The standard InChI is InChI=1S/C23H25N7O/c31-13-12-29-8-3-9-30(11-10-29)22-6-1-5-19(26-22)23-18-14-20(17-4-2-7-24-15-17)25-16-21(18)27-28-23/h1-2,4-7,14-16,31H,3,8-13H2,(H,27,28). The summed E-state index contributed by atoms with van der Waals surface area (Å²) in [6.07, 6.45) is 6.43. The number of β-amino-alcohol motifs (C(OH)–C–C–N with tert-alkyl or cyclic N) is 1. The average Bonchev–Trinajstić information content (AvgIpc) is 3.11. The SMILES string of the molecule is OCCN1CCCN(c2cccc(-c3n[nH]c4cnc(-c5cccnc5)cc34)n2)CC1. The molecule has 1 aliphatic heterocycles. The lowest BCUT2D eigenvalue weighted by molar-refractivity contribution is 0.204. The van der Waals surface area contributed by atoms with E-state index in [-0.39, 0.29) is 6.61 Å². The van der Waals surface area contributed by atoms with Crippen LogP contribution in [0.1, 0.15) is 6.42 Å². The van der Waals surface area contributed by atoms with E-state index in [0.29, 0.717) is 0 Å². The van der Waals surface area contributed by atoms with Gasteiger partial charge >= 0.3 is 0 Å². The molecular formula is C23H25N7O. The van der Waals surface area contributed by atoms with E-state index in [0.717, 1.165) is 78.5 Å². The summed E-state index contributed by atoms with van der Waals surface area (Å²) in [5.41, 5.74) is 4.36. The third-order valence-electron chi connectivity index (χ3n) is 5.71. The van der Waals surface area contributed by atoms with Crippen molar-refractivity contribution in [1.29, 1.82) is 0 Å². The second kappa shape index (κ2) is 8.79. The van der Waals surface area contributed by atoms with E-state index >= 15 is 0 Å². The lowest BCUT2D eigenvalue weighted by Crippen LogP contribution is -2.32. The molecule has 1 aliphatic rings. The number of nitrogens with zero attached hydrogens (tertiary/aromatic N) is 6. The Morgan fingerprint density at radius 2 is 1.97 bits per heavy atom. The van der Waals surface area contributed by atoms with Crippen molar-refractivity contribution in [3.8, 4) is 22.6 Å². The molecule has 4 aromatic heterocycles. The Bertz CT molecular complexity index is 1160. The Labute approximate surface area is 180 Å². The van der Waals surface area contributed by atoms with Gasteiger partial charge in [-0.1, -0.05) is 6.07 Å². The van der Waals surface area contributed by atoms with Crippen molar-refractivity contribution in [2.24, 2.45) is 0 Å². The number of pyridine rings is 3. The molecule has 5 heterocycles. The lowest BCUT2D eigenvalue weighted by atomic mass is 10.1. The summed E-state index contributed by atoms with van der Waals surface area (Å²) in [6.45, 7) is 4.72. The molecule has 2 N–H and O–H groups in total. The number of fused-ring (bicyclic) bond motifs is 1. The number of rotatable bonds is 5. The molecule has 158 valence electrons. The molecule has 0 unspecified atom stereocenters. The highest BCUT2D eigenvalue weighted by atomic mass is 16.3. The number of aliphatic hydroxyl groups excluding tert-OH is 1. The molecule has 0 radical (unpaired) electrons. The van der Waals surface area contributed by atoms with Crippen LogP contribution in [0.15, 0.2) is 55.0 Å². The van der Waals surface area contributed by atoms with Crippen LogP contribution in [0.5, 0.6) is 0 Å². The van der Waals surface area contributed by atoms with Crippen molar-refractivity contribution in [3.05, 3.63) is 55.0 Å². The first-order valence-electron chi connectivity index (χ1n) is 10.6. The van der Waals surface area contributed by atoms with Crippen molar-refractivity contribution >= 4 is 16.7 Å². The quantitative estimate of drug-likeness (QED) is 0.517. The molecule has 0 spiro atoms. The van der Waals surface area contributed by atoms with Crippen LogP contribution in [0.4, 0.5) is 5.82 Å². The van der Waals surface area contributed by atoms with Crippen molar-refractivity contribution in [3.63, 3.8) is 0 Å². The minimum Gasteiger partial charge on any atom is -0.395 e. The number of aliphatic hydroxyl groups is 1. The summed E-state index contributed by atoms with van der Waals surface area (Å²) in [5, 5.41) is 17.8. The van der Waals surface area contributed by atoms with E-state index in [9.17, 15) is 5.11 Å². The van der Waals surface area contributed by atoms with Crippen molar-refractivity contribution in [2.45, 2.75) is 6.42 Å². The highest BCUT2D eigenvalue weighted by molar-refractivity contribution is 5.93. The van der Waals surface area contributed by atoms with E-state index in [4.69, 9.17) is 4.98 Å². The zero-order chi connectivity index (χ0) is 21.0. The van der Waals surface area contributed by atoms with Crippen LogP contribution in [-0.4, -0.2) is 74.5 Å². The second-order valence-electron chi connectivity index (χ2n) is 7.72. The molecule has 4 aromatic rings. The summed E-state index contributed by atoms with van der Waals surface area (Å²) < 4.78 is 0. The predicted octanol–water partition coefficient (Wildman–Crippen LogP) is 2.59. The normalized spacial score (nSPS) is 15.3. The van der Waals surface area contributed by atoms with Crippen molar-refractivity contribution < 1.29 is 5.11 Å². The van der Waals surface area contributed by atoms with E-state index in [2.05, 4.69) is 36.0 Å². The van der Waals surface area contributed by atoms with E-state index < -0.39 is 0 Å². The minimum atomic E-state index is 0.204. The van der Waals surface area contributed by atoms with Crippen LogP contribution in [0.3, 0.4) is 0 Å². The minimum absolute atomic E-state index is 0.204. The van der Waals surface area contributed by atoms with Gasteiger partial charge in [-0.2, -0.15) is 5.10 Å². The van der Waals surface area contributed by atoms with Crippen LogP contribution >= 0.6 is 0 Å². The van der Waals surface area contributed by atoms with Gasteiger partial charge in [0.25, 0.3) is 0 Å². The average molecular weight is 416 g/mol. The first kappa shape index (κ1) is 19.6. The molecule has 8 nitrogen and oxygen atoms in total. The molecule has 0 bridgehead atoms. The Hall–Kier alpha value is -3.36. The predicted molar refractivity (Wildman–Crippen MR) is 121 cm³/mol. The van der Waals surface area contributed by atoms with Crippen molar-refractivity contribution in [1.82, 2.24) is 30.0 Å². The van der Waals surface area contributed by atoms with Gasteiger partial charge < -0.3 is 10.0 Å². The number of hydrogen-bond donors (Lipinski definition) is 2. The maximum atomic E-state index is 9.23. The summed E-state index contributed by atoms with van der Waals surface area (Å²) >= 11 is 0. The van der Waals surface area contributed by atoms with Gasteiger partial charge in [0, 0.05) is 49.5 Å². The van der Waals surface area contributed by atoms with Crippen LogP contribution in [0, 0.1) is 0 Å². The summed E-state index contributed by atoms with van der Waals surface area (Å²) in [7, 11) is 0. The summed E-state index contributed by atoms with van der Waals surface area (Å²) in [6, 6.07) is 12.0. The largest absolute Gasteiger partial charge is 0.395 e. The number of aromatic amines is 1. The van der Waals surface area contributed by atoms with Crippen LogP contribution in [0.25, 0.3) is 33.5 Å². The molecule has 0 aliphatic carbocycles. The molecular weight excluding hydrogens is 390 g/mol. The van der Waals surface area contributed by atoms with Gasteiger partial charge in [-0.15, -0.1) is 0 Å². The molecule has 0 aromatic carbocycles. The molecule has 1 saturated heterocycles. The van der Waals surface area contributed by atoms with Gasteiger partial charge in [-0.3, -0.25) is 20.0 Å². The second-order valence-corrected chi connectivity index (χ2v) is 7.72. The van der Waals surface area contributed by atoms with Gasteiger partial charge in [0.1, 0.15) is 11.5 Å². The molecule has 0 atom stereocenters. The number of H-pyrrole nitrogens is 1. The molecule has 8 heteroatoms.